The molecule has 0 rings (SSSR count). The highest BCUT2D eigenvalue weighted by molar-refractivity contribution is 14.0. The first kappa shape index (κ1) is 8.92. The van der Waals surface area contributed by atoms with Crippen molar-refractivity contribution in [1.29, 1.82) is 0 Å². The minimum atomic E-state index is 0. The van der Waals surface area contributed by atoms with Crippen LogP contribution in [0.3, 0.4) is 0 Å². The molecule has 0 saturated heterocycles. The molecule has 0 atom stereocenters. The smallest absolute Gasteiger partial charge is 0.152 e. The predicted octanol–water partition coefficient (Wildman–Crippen LogP) is 0.760. The summed E-state index contributed by atoms with van der Waals surface area (Å²) < 4.78 is 0. The Labute approximate surface area is 40.0 Å². The van der Waals surface area contributed by atoms with Crippen LogP contribution in [0.1, 0.15) is 0 Å². The molecule has 26 valence electrons. The molecule has 0 heterocycles. The monoisotopic (exact) mass is 175 g/mol. The predicted molar refractivity (Wildman–Crippen MR) is 23.0 cm³/mol. The van der Waals surface area contributed by atoms with Crippen LogP contribution in [-0.4, -0.2) is 5.21 Å². The average Bonchev–Trinajstić information content (AvgIpc) is 0.918. The van der Waals surface area contributed by atoms with Crippen molar-refractivity contribution >= 4 is 24.0 Å². The molecule has 0 aromatic carbocycles. The minimum Gasteiger partial charge on any atom is -0.379 e. The van der Waals surface area contributed by atoms with Gasteiger partial charge in [0.25, 0.3) is 0 Å². The van der Waals surface area contributed by atoms with Crippen molar-refractivity contribution in [2.45, 2.75) is 0 Å². The molecule has 4 heavy (non-hydrogen) atoms. The van der Waals surface area contributed by atoms with Crippen molar-refractivity contribution in [2.24, 2.45) is 5.34 Å². The van der Waals surface area contributed by atoms with Crippen molar-refractivity contribution in [3.63, 3.8) is 0 Å². The standard InChI is InChI=1S/HI.HNO2/c;2-1-3/h1H;(H,2,3). The number of hydrogen-bond donors (Lipinski definition) is 1. The Hall–Kier alpha value is 0.130. The summed E-state index contributed by atoms with van der Waals surface area (Å²) in [4.78, 5) is 8.11. The van der Waals surface area contributed by atoms with Crippen molar-refractivity contribution in [3.05, 3.63) is 4.91 Å². The molecule has 4 heteroatoms. The van der Waals surface area contributed by atoms with Crippen LogP contribution in [0.25, 0.3) is 0 Å². The van der Waals surface area contributed by atoms with Crippen LogP contribution in [0.5, 0.6) is 0 Å². The number of halogens is 1. The molecule has 3 nitrogen and oxygen atoms in total. The molecular weight excluding hydrogens is 173 g/mol. The van der Waals surface area contributed by atoms with Gasteiger partial charge >= 0.3 is 0 Å². The van der Waals surface area contributed by atoms with Crippen LogP contribution >= 0.6 is 24.0 Å². The lowest BCUT2D eigenvalue weighted by molar-refractivity contribution is 0.312. The molecule has 0 fully saturated rings. The van der Waals surface area contributed by atoms with Gasteiger partial charge in [-0.25, -0.2) is 0 Å². The first-order valence-electron chi connectivity index (χ1n) is 0.383. The summed E-state index contributed by atoms with van der Waals surface area (Å²) in [5.74, 6) is 0. The minimum absolute atomic E-state index is 0. The maximum atomic E-state index is 8.11. The first-order chi connectivity index (χ1) is 1.41. The van der Waals surface area contributed by atoms with E-state index in [0.29, 0.717) is 0 Å². The van der Waals surface area contributed by atoms with Crippen molar-refractivity contribution in [1.82, 2.24) is 0 Å². The van der Waals surface area contributed by atoms with E-state index in [9.17, 15) is 0 Å². The van der Waals surface area contributed by atoms with E-state index >= 15 is 0 Å². The van der Waals surface area contributed by atoms with Crippen LogP contribution < -0.4 is 0 Å². The van der Waals surface area contributed by atoms with Crippen LogP contribution in [0.4, 0.5) is 0 Å². The Morgan fingerprint density at radius 2 is 1.75 bits per heavy atom. The summed E-state index contributed by atoms with van der Waals surface area (Å²) in [6, 6.07) is 0. The van der Waals surface area contributed by atoms with Gasteiger partial charge in [0.15, 0.2) is 5.34 Å². The van der Waals surface area contributed by atoms with Crippen LogP contribution in [0, 0.1) is 4.91 Å². The van der Waals surface area contributed by atoms with E-state index in [2.05, 4.69) is 0 Å². The number of rotatable bonds is 0. The molecule has 0 aliphatic rings. The lowest BCUT2D eigenvalue weighted by Gasteiger charge is -1.32. The summed E-state index contributed by atoms with van der Waals surface area (Å²) >= 11 is 0. The van der Waals surface area contributed by atoms with Crippen LogP contribution in [0.15, 0.2) is 5.34 Å². The molecular formula is H2INO2. The molecule has 1 N–H and O–H groups in total. The fourth-order valence-corrected chi connectivity index (χ4v) is 0. The highest BCUT2D eigenvalue weighted by Gasteiger charge is 1.18. The molecule has 0 aliphatic heterocycles. The Bertz CT molecular complexity index is 13.5. The summed E-state index contributed by atoms with van der Waals surface area (Å²) in [7, 11) is 0. The lowest BCUT2D eigenvalue weighted by atomic mass is 13.4. The van der Waals surface area contributed by atoms with E-state index in [-0.39, 0.29) is 24.0 Å². The Balaban J connectivity index is 0. The molecule has 0 saturated carbocycles. The zero-order valence-electron chi connectivity index (χ0n) is 1.71. The molecule has 0 aliphatic carbocycles. The van der Waals surface area contributed by atoms with Crippen LogP contribution in [-0.2, 0) is 0 Å². The topological polar surface area (TPSA) is 49.7 Å². The molecule has 0 bridgehead atoms. The van der Waals surface area contributed by atoms with E-state index in [1.165, 1.54) is 5.34 Å². The maximum absolute atomic E-state index is 8.11. The Morgan fingerprint density at radius 3 is 1.75 bits per heavy atom. The van der Waals surface area contributed by atoms with E-state index in [1.54, 1.807) is 0 Å². The normalized spacial score (nSPS) is 3.00. The van der Waals surface area contributed by atoms with Gasteiger partial charge < -0.3 is 5.21 Å². The van der Waals surface area contributed by atoms with Crippen molar-refractivity contribution < 1.29 is 5.21 Å². The first-order valence-corrected chi connectivity index (χ1v) is 0.383. The fraction of sp³-hybridized carbons (Fsp3) is 0. The van der Waals surface area contributed by atoms with E-state index in [1.807, 2.05) is 0 Å². The van der Waals surface area contributed by atoms with Gasteiger partial charge in [-0.3, -0.25) is 0 Å². The van der Waals surface area contributed by atoms with Crippen molar-refractivity contribution in [2.75, 3.05) is 0 Å². The molecule has 0 radical (unpaired) electrons. The second-order valence-electron chi connectivity index (χ2n) is 0.0816. The summed E-state index contributed by atoms with van der Waals surface area (Å²) in [5, 5.41) is 7.89. The fourth-order valence-electron chi connectivity index (χ4n) is 0. The molecule has 0 aromatic rings. The summed E-state index contributed by atoms with van der Waals surface area (Å²) in [5.41, 5.74) is 0. The van der Waals surface area contributed by atoms with Gasteiger partial charge in [0.2, 0.25) is 0 Å². The third kappa shape index (κ3) is 161. The second kappa shape index (κ2) is 11.1. The Morgan fingerprint density at radius 1 is 1.75 bits per heavy atom. The molecule has 0 spiro atoms. The Kier molecular flexibility index (Phi) is 24.8. The van der Waals surface area contributed by atoms with E-state index in [0.717, 1.165) is 0 Å². The molecule has 0 unspecified atom stereocenters. The van der Waals surface area contributed by atoms with Crippen LogP contribution in [0.2, 0.25) is 0 Å². The molecule has 0 amide bonds. The summed E-state index contributed by atoms with van der Waals surface area (Å²) in [6.07, 6.45) is 0. The van der Waals surface area contributed by atoms with Gasteiger partial charge in [0, 0.05) is 0 Å². The van der Waals surface area contributed by atoms with Gasteiger partial charge in [-0.05, 0) is 0 Å². The van der Waals surface area contributed by atoms with Crippen molar-refractivity contribution in [3.8, 4) is 0 Å². The number of nitrogens with zero attached hydrogens (tertiary/aromatic N) is 1. The lowest BCUT2D eigenvalue weighted by Crippen LogP contribution is -1.25. The largest absolute Gasteiger partial charge is 0.379 e. The molecule has 0 aromatic heterocycles. The second-order valence-corrected chi connectivity index (χ2v) is 0.0816. The van der Waals surface area contributed by atoms with Gasteiger partial charge in [0.05, 0.1) is 0 Å². The maximum Gasteiger partial charge on any atom is 0.152 e. The van der Waals surface area contributed by atoms with Gasteiger partial charge in [-0.15, -0.1) is 28.9 Å². The third-order valence-corrected chi connectivity index (χ3v) is 0. The van der Waals surface area contributed by atoms with E-state index < -0.39 is 0 Å². The van der Waals surface area contributed by atoms with Gasteiger partial charge in [-0.1, -0.05) is 0 Å². The highest BCUT2D eigenvalue weighted by atomic mass is 127. The zero-order chi connectivity index (χ0) is 2.71. The summed E-state index contributed by atoms with van der Waals surface area (Å²) in [6.45, 7) is 0. The van der Waals surface area contributed by atoms with Gasteiger partial charge in [-0.2, -0.15) is 0 Å². The average molecular weight is 175 g/mol. The quantitative estimate of drug-likeness (QED) is 0.335. The number of hydrogen-bond acceptors (Lipinski definition) is 2. The van der Waals surface area contributed by atoms with E-state index in [4.69, 9.17) is 10.1 Å². The zero-order valence-corrected chi connectivity index (χ0v) is 4.04. The third-order valence-electron chi connectivity index (χ3n) is 0. The SMILES string of the molecule is I.O=NO. The van der Waals surface area contributed by atoms with Gasteiger partial charge in [0.1, 0.15) is 0 Å². The highest BCUT2D eigenvalue weighted by Crippen LogP contribution is 1.25.